The van der Waals surface area contributed by atoms with Gasteiger partial charge in [-0.25, -0.2) is 15.0 Å². The van der Waals surface area contributed by atoms with Crippen LogP contribution in [0.1, 0.15) is 24.2 Å². The first-order chi connectivity index (χ1) is 13.7. The van der Waals surface area contributed by atoms with Crippen molar-refractivity contribution in [2.75, 3.05) is 10.6 Å². The summed E-state index contributed by atoms with van der Waals surface area (Å²) in [5.74, 6) is 0.384. The summed E-state index contributed by atoms with van der Waals surface area (Å²) in [6.07, 6.45) is -2.83. The lowest BCUT2D eigenvalue weighted by Gasteiger charge is -2.15. The number of aliphatic imine (C=N–C) groups is 1. The van der Waals surface area contributed by atoms with Crippen LogP contribution in [0.5, 0.6) is 5.75 Å². The van der Waals surface area contributed by atoms with E-state index in [4.69, 9.17) is 12.2 Å². The number of guanidine groups is 1. The number of ether oxygens (including phenoxy) is 1. The Kier molecular flexibility index (Phi) is 6.16. The summed E-state index contributed by atoms with van der Waals surface area (Å²) >= 11 is 5.26. The van der Waals surface area contributed by atoms with Gasteiger partial charge in [0.1, 0.15) is 5.75 Å². The SMILES string of the molecule is Cc1cc(C)nc(NC(=NC2CC2)NC(=S)Nc2cccc(OC(F)(F)F)c2)n1. The molecule has 0 aliphatic heterocycles. The lowest BCUT2D eigenvalue weighted by Crippen LogP contribution is -2.39. The van der Waals surface area contributed by atoms with Crippen molar-refractivity contribution in [1.82, 2.24) is 15.3 Å². The molecule has 1 heterocycles. The highest BCUT2D eigenvalue weighted by molar-refractivity contribution is 7.80. The topological polar surface area (TPSA) is 83.5 Å². The molecule has 1 saturated carbocycles. The van der Waals surface area contributed by atoms with E-state index in [1.807, 2.05) is 19.9 Å². The summed E-state index contributed by atoms with van der Waals surface area (Å²) in [6.45, 7) is 3.71. The number of hydrogen-bond donors (Lipinski definition) is 3. The van der Waals surface area contributed by atoms with Gasteiger partial charge in [-0.1, -0.05) is 6.07 Å². The van der Waals surface area contributed by atoms with Crippen LogP contribution in [0.4, 0.5) is 24.8 Å². The molecule has 11 heteroatoms. The fraction of sp³-hybridized carbons (Fsp3) is 0.333. The summed E-state index contributed by atoms with van der Waals surface area (Å²) < 4.78 is 41.1. The van der Waals surface area contributed by atoms with E-state index < -0.39 is 6.36 Å². The molecule has 29 heavy (non-hydrogen) atoms. The van der Waals surface area contributed by atoms with E-state index in [2.05, 4.69) is 35.6 Å². The average Bonchev–Trinajstić information content (AvgIpc) is 3.36. The maximum absolute atomic E-state index is 12.4. The van der Waals surface area contributed by atoms with E-state index in [0.29, 0.717) is 17.6 Å². The van der Waals surface area contributed by atoms with Crippen LogP contribution in [0.2, 0.25) is 0 Å². The lowest BCUT2D eigenvalue weighted by atomic mass is 10.3. The Labute approximate surface area is 170 Å². The van der Waals surface area contributed by atoms with Crippen LogP contribution in [0, 0.1) is 13.8 Å². The minimum absolute atomic E-state index is 0.144. The van der Waals surface area contributed by atoms with Crippen LogP contribution < -0.4 is 20.7 Å². The van der Waals surface area contributed by atoms with Gasteiger partial charge in [-0.15, -0.1) is 13.2 Å². The van der Waals surface area contributed by atoms with Crippen molar-refractivity contribution in [1.29, 1.82) is 0 Å². The molecule has 3 N–H and O–H groups in total. The van der Waals surface area contributed by atoms with Gasteiger partial charge in [-0.2, -0.15) is 0 Å². The van der Waals surface area contributed by atoms with E-state index in [0.717, 1.165) is 24.2 Å². The number of halogens is 3. The summed E-state index contributed by atoms with van der Waals surface area (Å²) in [6, 6.07) is 7.41. The van der Waals surface area contributed by atoms with Gasteiger partial charge in [-0.3, -0.25) is 5.32 Å². The Morgan fingerprint density at radius 3 is 2.45 bits per heavy atom. The molecule has 1 aliphatic rings. The molecule has 0 atom stereocenters. The number of aromatic nitrogens is 2. The smallest absolute Gasteiger partial charge is 0.406 e. The second-order valence-electron chi connectivity index (χ2n) is 6.46. The molecule has 0 saturated heterocycles. The first-order valence-electron chi connectivity index (χ1n) is 8.77. The summed E-state index contributed by atoms with van der Waals surface area (Å²) in [7, 11) is 0. The second kappa shape index (κ2) is 8.60. The summed E-state index contributed by atoms with van der Waals surface area (Å²) in [5.41, 5.74) is 1.93. The van der Waals surface area contributed by atoms with Gasteiger partial charge in [0.05, 0.1) is 6.04 Å². The monoisotopic (exact) mass is 424 g/mol. The number of hydrogen-bond acceptors (Lipinski definition) is 5. The van der Waals surface area contributed by atoms with Gasteiger partial charge in [0, 0.05) is 23.1 Å². The van der Waals surface area contributed by atoms with Crippen molar-refractivity contribution in [3.05, 3.63) is 41.7 Å². The molecular formula is C18H19F3N6OS. The number of thiocarbonyl (C=S) groups is 1. The fourth-order valence-electron chi connectivity index (χ4n) is 2.41. The zero-order chi connectivity index (χ0) is 21.0. The fourth-order valence-corrected chi connectivity index (χ4v) is 2.63. The molecule has 2 aromatic rings. The highest BCUT2D eigenvalue weighted by atomic mass is 32.1. The average molecular weight is 424 g/mol. The van der Waals surface area contributed by atoms with Crippen molar-refractivity contribution in [2.24, 2.45) is 4.99 Å². The third kappa shape index (κ3) is 7.18. The number of aryl methyl sites for hydroxylation is 2. The van der Waals surface area contributed by atoms with Crippen molar-refractivity contribution in [3.63, 3.8) is 0 Å². The molecule has 1 fully saturated rings. The van der Waals surface area contributed by atoms with E-state index in [1.54, 1.807) is 6.07 Å². The minimum atomic E-state index is -4.77. The molecule has 1 aromatic carbocycles. The molecule has 0 spiro atoms. The van der Waals surface area contributed by atoms with E-state index >= 15 is 0 Å². The number of rotatable bonds is 4. The Morgan fingerprint density at radius 2 is 1.83 bits per heavy atom. The summed E-state index contributed by atoms with van der Waals surface area (Å²) in [4.78, 5) is 13.1. The minimum Gasteiger partial charge on any atom is -0.406 e. The van der Waals surface area contributed by atoms with Gasteiger partial charge < -0.3 is 15.4 Å². The van der Waals surface area contributed by atoms with Crippen LogP contribution in [0.25, 0.3) is 0 Å². The molecule has 1 aliphatic carbocycles. The standard InChI is InChI=1S/C18H19F3N6OS/c1-10-8-11(2)23-15(22-10)26-16(24-12-6-7-12)27-17(29)25-13-4-3-5-14(9-13)28-18(19,20)21/h3-5,8-9,12H,6-7H2,1-2H3,(H3,22,23,24,25,26,27,29). The number of nitrogens with zero attached hydrogens (tertiary/aromatic N) is 3. The highest BCUT2D eigenvalue weighted by Gasteiger charge is 2.31. The van der Waals surface area contributed by atoms with E-state index in [-0.39, 0.29) is 16.9 Å². The first-order valence-corrected chi connectivity index (χ1v) is 9.18. The molecule has 0 unspecified atom stereocenters. The van der Waals surface area contributed by atoms with Crippen LogP contribution in [0.3, 0.4) is 0 Å². The van der Waals surface area contributed by atoms with E-state index in [1.165, 1.54) is 18.2 Å². The molecule has 0 amide bonds. The van der Waals surface area contributed by atoms with Crippen molar-refractivity contribution in [2.45, 2.75) is 39.1 Å². The zero-order valence-corrected chi connectivity index (χ0v) is 16.5. The molecule has 1 aromatic heterocycles. The van der Waals surface area contributed by atoms with Gasteiger partial charge in [0.2, 0.25) is 11.9 Å². The molecule has 0 bridgehead atoms. The van der Waals surface area contributed by atoms with Crippen LogP contribution in [-0.4, -0.2) is 33.4 Å². The highest BCUT2D eigenvalue weighted by Crippen LogP contribution is 2.25. The Morgan fingerprint density at radius 1 is 1.14 bits per heavy atom. The second-order valence-corrected chi connectivity index (χ2v) is 6.87. The zero-order valence-electron chi connectivity index (χ0n) is 15.7. The predicted molar refractivity (Wildman–Crippen MR) is 108 cm³/mol. The number of anilines is 2. The van der Waals surface area contributed by atoms with Gasteiger partial charge in [0.15, 0.2) is 5.11 Å². The Bertz CT molecular complexity index is 910. The normalized spacial score (nSPS) is 14.3. The Hall–Kier alpha value is -2.95. The third-order valence-electron chi connectivity index (χ3n) is 3.63. The van der Waals surface area contributed by atoms with E-state index in [9.17, 15) is 13.2 Å². The van der Waals surface area contributed by atoms with Crippen molar-refractivity contribution in [3.8, 4) is 5.75 Å². The van der Waals surface area contributed by atoms with Crippen LogP contribution in [-0.2, 0) is 0 Å². The van der Waals surface area contributed by atoms with Crippen molar-refractivity contribution < 1.29 is 17.9 Å². The number of nitrogens with one attached hydrogen (secondary N) is 3. The van der Waals surface area contributed by atoms with Crippen molar-refractivity contribution >= 4 is 34.9 Å². The van der Waals surface area contributed by atoms with Gasteiger partial charge in [-0.05, 0) is 57.1 Å². The summed E-state index contributed by atoms with van der Waals surface area (Å²) in [5, 5.41) is 8.87. The van der Waals surface area contributed by atoms with Gasteiger partial charge >= 0.3 is 6.36 Å². The molecule has 154 valence electrons. The maximum Gasteiger partial charge on any atom is 0.573 e. The molecule has 3 rings (SSSR count). The number of alkyl halides is 3. The first kappa shape index (κ1) is 20.8. The molecule has 0 radical (unpaired) electrons. The molecular weight excluding hydrogens is 405 g/mol. The maximum atomic E-state index is 12.4. The largest absolute Gasteiger partial charge is 0.573 e. The van der Waals surface area contributed by atoms with Crippen LogP contribution >= 0.6 is 12.2 Å². The van der Waals surface area contributed by atoms with Gasteiger partial charge in [0.25, 0.3) is 0 Å². The Balaban J connectivity index is 1.67. The van der Waals surface area contributed by atoms with Crippen LogP contribution in [0.15, 0.2) is 35.3 Å². The number of benzene rings is 1. The quantitative estimate of drug-likeness (QED) is 0.390. The molecule has 7 nitrogen and oxygen atoms in total. The predicted octanol–water partition coefficient (Wildman–Crippen LogP) is 3.91. The third-order valence-corrected chi connectivity index (χ3v) is 3.83. The lowest BCUT2D eigenvalue weighted by molar-refractivity contribution is -0.274.